The molecule has 0 unspecified atom stereocenters. The van der Waals surface area contributed by atoms with E-state index in [4.69, 9.17) is 14.2 Å². The standard InChI is InChI=1S/C24H22O5/c1-3-20(27-2)19-14-15-21(28-23(25)17-10-6-4-7-11-17)22(16-19)29-24(26)18-12-8-5-9-13-18/h4-16,20H,3H2,1-2H3/t20-/m1/s1. The fourth-order valence-corrected chi connectivity index (χ4v) is 2.89. The molecule has 0 aliphatic heterocycles. The third-order valence-electron chi connectivity index (χ3n) is 4.42. The van der Waals surface area contributed by atoms with Crippen molar-refractivity contribution in [3.8, 4) is 11.5 Å². The maximum Gasteiger partial charge on any atom is 0.343 e. The molecule has 1 atom stereocenters. The smallest absolute Gasteiger partial charge is 0.343 e. The molecule has 0 amide bonds. The summed E-state index contributed by atoms with van der Waals surface area (Å²) in [5, 5.41) is 0. The summed E-state index contributed by atoms with van der Waals surface area (Å²) < 4.78 is 16.6. The lowest BCUT2D eigenvalue weighted by atomic mass is 10.1. The molecular formula is C24H22O5. The molecule has 0 aromatic heterocycles. The van der Waals surface area contributed by atoms with Crippen LogP contribution in [0.15, 0.2) is 78.9 Å². The van der Waals surface area contributed by atoms with Crippen LogP contribution in [0.5, 0.6) is 11.5 Å². The zero-order chi connectivity index (χ0) is 20.6. The Labute approximate surface area is 169 Å². The van der Waals surface area contributed by atoms with Crippen LogP contribution in [-0.4, -0.2) is 19.0 Å². The maximum atomic E-state index is 12.5. The number of hydrogen-bond acceptors (Lipinski definition) is 5. The third kappa shape index (κ3) is 5.09. The highest BCUT2D eigenvalue weighted by atomic mass is 16.6. The quantitative estimate of drug-likeness (QED) is 0.409. The molecule has 0 aliphatic carbocycles. The molecule has 3 aromatic rings. The lowest BCUT2D eigenvalue weighted by Crippen LogP contribution is -2.13. The number of rotatable bonds is 7. The van der Waals surface area contributed by atoms with Gasteiger partial charge in [-0.15, -0.1) is 0 Å². The van der Waals surface area contributed by atoms with Gasteiger partial charge < -0.3 is 14.2 Å². The number of benzene rings is 3. The first-order chi connectivity index (χ1) is 14.1. The summed E-state index contributed by atoms with van der Waals surface area (Å²) in [4.78, 5) is 25.0. The van der Waals surface area contributed by atoms with Crippen molar-refractivity contribution in [2.45, 2.75) is 19.4 Å². The van der Waals surface area contributed by atoms with Crippen LogP contribution in [0.1, 0.15) is 45.7 Å². The van der Waals surface area contributed by atoms with Crippen molar-refractivity contribution < 1.29 is 23.8 Å². The lowest BCUT2D eigenvalue weighted by molar-refractivity contribution is 0.0680. The topological polar surface area (TPSA) is 61.8 Å². The van der Waals surface area contributed by atoms with Gasteiger partial charge in [-0.1, -0.05) is 49.4 Å². The molecule has 0 saturated heterocycles. The molecule has 0 aliphatic rings. The minimum atomic E-state index is -0.537. The second kappa shape index (κ2) is 9.66. The average Bonchev–Trinajstić information content (AvgIpc) is 2.77. The molecule has 0 saturated carbocycles. The molecule has 5 nitrogen and oxygen atoms in total. The molecule has 148 valence electrons. The number of methoxy groups -OCH3 is 1. The Hall–Kier alpha value is -3.44. The van der Waals surface area contributed by atoms with E-state index >= 15 is 0 Å². The molecule has 0 N–H and O–H groups in total. The number of ether oxygens (including phenoxy) is 3. The normalized spacial score (nSPS) is 11.5. The van der Waals surface area contributed by atoms with Crippen LogP contribution in [0.3, 0.4) is 0 Å². The predicted molar refractivity (Wildman–Crippen MR) is 109 cm³/mol. The molecule has 0 bridgehead atoms. The van der Waals surface area contributed by atoms with Gasteiger partial charge in [0.25, 0.3) is 0 Å². The van der Waals surface area contributed by atoms with Crippen molar-refractivity contribution in [1.82, 2.24) is 0 Å². The van der Waals surface area contributed by atoms with E-state index in [-0.39, 0.29) is 17.6 Å². The Kier molecular flexibility index (Phi) is 6.76. The Morgan fingerprint density at radius 2 is 1.28 bits per heavy atom. The second-order valence-electron chi connectivity index (χ2n) is 6.35. The summed E-state index contributed by atoms with van der Waals surface area (Å²) in [6, 6.07) is 22.3. The van der Waals surface area contributed by atoms with Crippen LogP contribution < -0.4 is 9.47 Å². The number of hydrogen-bond donors (Lipinski definition) is 0. The molecule has 0 fully saturated rings. The van der Waals surface area contributed by atoms with E-state index in [1.807, 2.05) is 19.1 Å². The van der Waals surface area contributed by atoms with Crippen LogP contribution >= 0.6 is 0 Å². The van der Waals surface area contributed by atoms with Crippen molar-refractivity contribution >= 4 is 11.9 Å². The summed E-state index contributed by atoms with van der Waals surface area (Å²) in [5.74, 6) is -0.742. The minimum absolute atomic E-state index is 0.163. The highest BCUT2D eigenvalue weighted by Crippen LogP contribution is 2.33. The van der Waals surface area contributed by atoms with E-state index < -0.39 is 11.9 Å². The monoisotopic (exact) mass is 390 g/mol. The molecule has 0 spiro atoms. The van der Waals surface area contributed by atoms with Gasteiger partial charge in [0.15, 0.2) is 11.5 Å². The van der Waals surface area contributed by atoms with Crippen molar-refractivity contribution in [2.24, 2.45) is 0 Å². The first kappa shape index (κ1) is 20.3. The average molecular weight is 390 g/mol. The Balaban J connectivity index is 1.92. The van der Waals surface area contributed by atoms with Gasteiger partial charge in [-0.25, -0.2) is 9.59 Å². The van der Waals surface area contributed by atoms with Crippen LogP contribution in [0, 0.1) is 0 Å². The first-order valence-corrected chi connectivity index (χ1v) is 9.33. The second-order valence-corrected chi connectivity index (χ2v) is 6.35. The van der Waals surface area contributed by atoms with Gasteiger partial charge in [0.1, 0.15) is 0 Å². The van der Waals surface area contributed by atoms with Crippen LogP contribution in [-0.2, 0) is 4.74 Å². The minimum Gasteiger partial charge on any atom is -0.419 e. The largest absolute Gasteiger partial charge is 0.419 e. The number of carbonyl (C=O) groups excluding carboxylic acids is 2. The zero-order valence-electron chi connectivity index (χ0n) is 16.3. The number of esters is 2. The van der Waals surface area contributed by atoms with E-state index in [1.165, 1.54) is 0 Å². The zero-order valence-corrected chi connectivity index (χ0v) is 16.3. The van der Waals surface area contributed by atoms with Gasteiger partial charge >= 0.3 is 11.9 Å². The SMILES string of the molecule is CC[C@@H](OC)c1ccc(OC(=O)c2ccccc2)c(OC(=O)c2ccccc2)c1. The van der Waals surface area contributed by atoms with Gasteiger partial charge in [0.2, 0.25) is 0 Å². The summed E-state index contributed by atoms with van der Waals surface area (Å²) >= 11 is 0. The third-order valence-corrected chi connectivity index (χ3v) is 4.42. The van der Waals surface area contributed by atoms with Crippen LogP contribution in [0.2, 0.25) is 0 Å². The molecule has 3 rings (SSSR count). The predicted octanol–water partition coefficient (Wildman–Crippen LogP) is 5.22. The van der Waals surface area contributed by atoms with Crippen molar-refractivity contribution in [3.63, 3.8) is 0 Å². The molecular weight excluding hydrogens is 368 g/mol. The van der Waals surface area contributed by atoms with E-state index in [2.05, 4.69) is 0 Å². The van der Waals surface area contributed by atoms with Gasteiger partial charge in [-0.2, -0.15) is 0 Å². The van der Waals surface area contributed by atoms with Crippen molar-refractivity contribution in [3.05, 3.63) is 95.6 Å². The first-order valence-electron chi connectivity index (χ1n) is 9.33. The van der Waals surface area contributed by atoms with E-state index in [1.54, 1.807) is 73.8 Å². The van der Waals surface area contributed by atoms with Crippen molar-refractivity contribution in [1.29, 1.82) is 0 Å². The molecule has 0 heterocycles. The van der Waals surface area contributed by atoms with Crippen LogP contribution in [0.4, 0.5) is 0 Å². The van der Waals surface area contributed by atoms with Gasteiger partial charge in [-0.05, 0) is 48.4 Å². The molecule has 5 heteroatoms. The lowest BCUT2D eigenvalue weighted by Gasteiger charge is -2.17. The van der Waals surface area contributed by atoms with Crippen molar-refractivity contribution in [2.75, 3.05) is 7.11 Å². The van der Waals surface area contributed by atoms with Gasteiger partial charge in [0.05, 0.1) is 17.2 Å². The Morgan fingerprint density at radius 3 is 1.76 bits per heavy atom. The van der Waals surface area contributed by atoms with E-state index in [0.29, 0.717) is 11.1 Å². The van der Waals surface area contributed by atoms with Gasteiger partial charge in [-0.3, -0.25) is 0 Å². The Morgan fingerprint density at radius 1 is 0.759 bits per heavy atom. The fourth-order valence-electron chi connectivity index (χ4n) is 2.89. The molecule has 3 aromatic carbocycles. The summed E-state index contributed by atoms with van der Waals surface area (Å²) in [6.45, 7) is 1.99. The fraction of sp³-hybridized carbons (Fsp3) is 0.167. The maximum absolute atomic E-state index is 12.5. The van der Waals surface area contributed by atoms with Gasteiger partial charge in [0, 0.05) is 7.11 Å². The summed E-state index contributed by atoms with van der Waals surface area (Å²) in [7, 11) is 1.62. The molecule has 29 heavy (non-hydrogen) atoms. The van der Waals surface area contributed by atoms with E-state index in [0.717, 1.165) is 12.0 Å². The highest BCUT2D eigenvalue weighted by molar-refractivity contribution is 5.93. The number of carbonyl (C=O) groups is 2. The summed E-state index contributed by atoms with van der Waals surface area (Å²) in [6.07, 6.45) is 0.578. The van der Waals surface area contributed by atoms with Crippen LogP contribution in [0.25, 0.3) is 0 Å². The highest BCUT2D eigenvalue weighted by Gasteiger charge is 2.19. The summed E-state index contributed by atoms with van der Waals surface area (Å²) in [5.41, 5.74) is 1.63. The Bertz CT molecular complexity index is 963. The van der Waals surface area contributed by atoms with E-state index in [9.17, 15) is 9.59 Å². The molecule has 0 radical (unpaired) electrons.